The van der Waals surface area contributed by atoms with Gasteiger partial charge in [0.1, 0.15) is 22.7 Å². The zero-order valence-electron chi connectivity index (χ0n) is 18.4. The second kappa shape index (κ2) is 8.18. The van der Waals surface area contributed by atoms with E-state index in [1.165, 1.54) is 16.9 Å². The molecule has 1 aromatic carbocycles. The lowest BCUT2D eigenvalue weighted by Gasteiger charge is -2.34. The van der Waals surface area contributed by atoms with E-state index in [-0.39, 0.29) is 6.03 Å². The van der Waals surface area contributed by atoms with Gasteiger partial charge < -0.3 is 19.9 Å². The summed E-state index contributed by atoms with van der Waals surface area (Å²) in [5, 5.41) is 12.6. The van der Waals surface area contributed by atoms with E-state index in [0.717, 1.165) is 65.0 Å². The molecule has 2 N–H and O–H groups in total. The molecule has 4 aromatic rings. The van der Waals surface area contributed by atoms with Crippen molar-refractivity contribution in [1.29, 1.82) is 0 Å². The number of rotatable bonds is 3. The first kappa shape index (κ1) is 20.2. The number of ether oxygens (including phenoxy) is 1. The lowest BCUT2D eigenvalue weighted by molar-refractivity contribution is 0.139. The molecule has 2 aliphatic rings. The Hall–Kier alpha value is -3.40. The molecule has 0 radical (unpaired) electrons. The van der Waals surface area contributed by atoms with Gasteiger partial charge in [-0.15, -0.1) is 11.3 Å². The van der Waals surface area contributed by atoms with Gasteiger partial charge in [-0.3, -0.25) is 5.10 Å². The van der Waals surface area contributed by atoms with Crippen LogP contribution in [-0.2, 0) is 13.0 Å². The van der Waals surface area contributed by atoms with Crippen LogP contribution < -0.4 is 10.1 Å². The highest BCUT2D eigenvalue weighted by Gasteiger charge is 2.29. The smallest absolute Gasteiger partial charge is 0.320 e. The Bertz CT molecular complexity index is 1340. The van der Waals surface area contributed by atoms with E-state index in [2.05, 4.69) is 25.5 Å². The van der Waals surface area contributed by atoms with Crippen LogP contribution in [0.3, 0.4) is 0 Å². The summed E-state index contributed by atoms with van der Waals surface area (Å²) in [7, 11) is 1.65. The Kier molecular flexibility index (Phi) is 5.01. The molecule has 1 fully saturated rings. The van der Waals surface area contributed by atoms with Crippen LogP contribution in [0.4, 0.5) is 16.3 Å². The molecular weight excluding hydrogens is 438 g/mol. The minimum atomic E-state index is 0.167. The molecule has 0 unspecified atom stereocenters. The van der Waals surface area contributed by atoms with Crippen molar-refractivity contribution >= 4 is 50.0 Å². The summed E-state index contributed by atoms with van der Waals surface area (Å²) in [5.74, 6) is 1.47. The Morgan fingerprint density at radius 3 is 2.88 bits per heavy atom. The number of nitrogens with one attached hydrogen (secondary N) is 2. The number of thiophene rings is 1. The molecule has 3 aromatic heterocycles. The van der Waals surface area contributed by atoms with Crippen molar-refractivity contribution in [1.82, 2.24) is 30.0 Å². The fraction of sp³-hybridized carbons (Fsp3) is 0.391. The van der Waals surface area contributed by atoms with Crippen LogP contribution >= 0.6 is 11.3 Å². The SMILES string of the molecule is COc1cc2[nH]ncc2cc1Nc1ncnc2sc3c(c12)CCN(C(=O)N1CCCCC1)C3. The van der Waals surface area contributed by atoms with Gasteiger partial charge in [0.15, 0.2) is 0 Å². The molecule has 9 nitrogen and oxygen atoms in total. The number of piperidine rings is 1. The standard InChI is InChI=1S/C23H25N7O2S/c1-32-18-10-16-14(11-26-28-16)9-17(18)27-21-20-15-5-8-30(23(31)29-6-3-2-4-7-29)12-19(15)33-22(20)25-13-24-21/h9-11,13H,2-8,12H2,1H3,(H,26,28)(H,24,25,27). The average Bonchev–Trinajstić information content (AvgIpc) is 3.47. The third kappa shape index (κ3) is 3.54. The summed E-state index contributed by atoms with van der Waals surface area (Å²) in [5.41, 5.74) is 2.98. The number of likely N-dealkylation sites (tertiary alicyclic amines) is 1. The Morgan fingerprint density at radius 1 is 1.15 bits per heavy atom. The van der Waals surface area contributed by atoms with Crippen LogP contribution in [0.5, 0.6) is 5.75 Å². The molecule has 10 heteroatoms. The van der Waals surface area contributed by atoms with E-state index in [0.29, 0.717) is 18.8 Å². The van der Waals surface area contributed by atoms with Crippen LogP contribution in [0.2, 0.25) is 0 Å². The van der Waals surface area contributed by atoms with Gasteiger partial charge in [0.05, 0.1) is 36.4 Å². The van der Waals surface area contributed by atoms with Crippen LogP contribution in [0.15, 0.2) is 24.7 Å². The van der Waals surface area contributed by atoms with E-state index in [9.17, 15) is 4.79 Å². The maximum absolute atomic E-state index is 13.0. The van der Waals surface area contributed by atoms with E-state index < -0.39 is 0 Å². The first-order chi connectivity index (χ1) is 16.2. The maximum Gasteiger partial charge on any atom is 0.320 e. The minimum absolute atomic E-state index is 0.167. The van der Waals surface area contributed by atoms with Crippen molar-refractivity contribution in [3.8, 4) is 5.75 Å². The third-order valence-electron chi connectivity index (χ3n) is 6.55. The number of fused-ring (bicyclic) bond motifs is 4. The summed E-state index contributed by atoms with van der Waals surface area (Å²) in [6.07, 6.45) is 7.60. The molecule has 170 valence electrons. The van der Waals surface area contributed by atoms with Crippen LogP contribution in [0.25, 0.3) is 21.1 Å². The summed E-state index contributed by atoms with van der Waals surface area (Å²) in [6.45, 7) is 3.09. The number of nitrogens with zero attached hydrogens (tertiary/aromatic N) is 5. The average molecular weight is 464 g/mol. The van der Waals surface area contributed by atoms with Crippen molar-refractivity contribution in [3.63, 3.8) is 0 Å². The molecule has 5 heterocycles. The zero-order valence-corrected chi connectivity index (χ0v) is 19.2. The fourth-order valence-electron chi connectivity index (χ4n) is 4.84. The number of aromatic amines is 1. The molecule has 0 atom stereocenters. The lowest BCUT2D eigenvalue weighted by atomic mass is 10.0. The molecule has 0 saturated carbocycles. The number of aromatic nitrogens is 4. The van der Waals surface area contributed by atoms with Gasteiger partial charge >= 0.3 is 6.03 Å². The quantitative estimate of drug-likeness (QED) is 0.470. The van der Waals surface area contributed by atoms with Crippen molar-refractivity contribution in [2.75, 3.05) is 32.1 Å². The number of amides is 2. The van der Waals surface area contributed by atoms with Crippen LogP contribution in [-0.4, -0.2) is 62.7 Å². The number of benzene rings is 1. The normalized spacial score (nSPS) is 16.3. The summed E-state index contributed by atoms with van der Waals surface area (Å²) >= 11 is 1.66. The number of H-pyrrole nitrogens is 1. The highest BCUT2D eigenvalue weighted by atomic mass is 32.1. The topological polar surface area (TPSA) is 99.3 Å². The van der Waals surface area contributed by atoms with Crippen LogP contribution in [0.1, 0.15) is 29.7 Å². The molecule has 0 spiro atoms. The number of methoxy groups -OCH3 is 1. The van der Waals surface area contributed by atoms with Gasteiger partial charge in [-0.05, 0) is 37.3 Å². The Labute approximate surface area is 194 Å². The third-order valence-corrected chi connectivity index (χ3v) is 7.67. The Balaban J connectivity index is 1.32. The number of hydrogen-bond donors (Lipinski definition) is 2. The summed E-state index contributed by atoms with van der Waals surface area (Å²) in [4.78, 5) is 28.3. The number of carbonyl (C=O) groups is 1. The number of hydrogen-bond acceptors (Lipinski definition) is 7. The minimum Gasteiger partial charge on any atom is -0.494 e. The van der Waals surface area contributed by atoms with Gasteiger partial charge in [-0.1, -0.05) is 0 Å². The number of carbonyl (C=O) groups excluding carboxylic acids is 1. The van der Waals surface area contributed by atoms with Gasteiger partial charge in [-0.2, -0.15) is 5.10 Å². The molecule has 2 amide bonds. The van der Waals surface area contributed by atoms with Gasteiger partial charge in [-0.25, -0.2) is 14.8 Å². The van der Waals surface area contributed by atoms with E-state index in [4.69, 9.17) is 4.74 Å². The van der Waals surface area contributed by atoms with Crippen molar-refractivity contribution in [2.45, 2.75) is 32.2 Å². The second-order valence-corrected chi connectivity index (χ2v) is 9.63. The predicted molar refractivity (Wildman–Crippen MR) is 128 cm³/mol. The Morgan fingerprint density at radius 2 is 2.03 bits per heavy atom. The lowest BCUT2D eigenvalue weighted by Crippen LogP contribution is -2.46. The van der Waals surface area contributed by atoms with E-state index in [1.807, 2.05) is 21.9 Å². The monoisotopic (exact) mass is 463 g/mol. The predicted octanol–water partition coefficient (Wildman–Crippen LogP) is 4.28. The summed E-state index contributed by atoms with van der Waals surface area (Å²) < 4.78 is 5.60. The zero-order chi connectivity index (χ0) is 22.4. The molecule has 0 bridgehead atoms. The molecule has 33 heavy (non-hydrogen) atoms. The van der Waals surface area contributed by atoms with Crippen molar-refractivity contribution in [2.24, 2.45) is 0 Å². The highest BCUT2D eigenvalue weighted by molar-refractivity contribution is 7.19. The summed E-state index contributed by atoms with van der Waals surface area (Å²) in [6, 6.07) is 4.10. The van der Waals surface area contributed by atoms with E-state index in [1.54, 1.807) is 31.0 Å². The first-order valence-electron chi connectivity index (χ1n) is 11.3. The molecule has 0 aliphatic carbocycles. The molecule has 1 saturated heterocycles. The van der Waals surface area contributed by atoms with Gasteiger partial charge in [0.25, 0.3) is 0 Å². The molecule has 2 aliphatic heterocycles. The largest absolute Gasteiger partial charge is 0.494 e. The highest BCUT2D eigenvalue weighted by Crippen LogP contribution is 2.40. The number of anilines is 2. The number of urea groups is 1. The van der Waals surface area contributed by atoms with Crippen molar-refractivity contribution < 1.29 is 9.53 Å². The molecule has 6 rings (SSSR count). The first-order valence-corrected chi connectivity index (χ1v) is 12.1. The van der Waals surface area contributed by atoms with Crippen molar-refractivity contribution in [3.05, 3.63) is 35.1 Å². The maximum atomic E-state index is 13.0. The molecular formula is C23H25N7O2S. The second-order valence-electron chi connectivity index (χ2n) is 8.54. The van der Waals surface area contributed by atoms with Crippen LogP contribution in [0, 0.1) is 0 Å². The van der Waals surface area contributed by atoms with E-state index >= 15 is 0 Å². The van der Waals surface area contributed by atoms with Gasteiger partial charge in [0, 0.05) is 36.0 Å². The van der Waals surface area contributed by atoms with Gasteiger partial charge in [0.2, 0.25) is 0 Å². The fourth-order valence-corrected chi connectivity index (χ4v) is 6.04.